The van der Waals surface area contributed by atoms with E-state index in [4.69, 9.17) is 4.74 Å². The van der Waals surface area contributed by atoms with Gasteiger partial charge in [0.1, 0.15) is 0 Å². The number of aromatic nitrogens is 1. The maximum Gasteiger partial charge on any atom is 0.226 e. The first-order valence-corrected chi connectivity index (χ1v) is 8.11. The summed E-state index contributed by atoms with van der Waals surface area (Å²) in [5, 5.41) is 5.45. The molecular weight excluding hydrogens is 303 g/mol. The predicted molar refractivity (Wildman–Crippen MR) is 84.0 cm³/mol. The number of hydrogen-bond acceptors (Lipinski definition) is 4. The molecule has 3 rings (SSSR count). The van der Waals surface area contributed by atoms with Crippen molar-refractivity contribution in [3.8, 4) is 5.75 Å². The van der Waals surface area contributed by atoms with Crippen LogP contribution in [0.1, 0.15) is 36.4 Å². The highest BCUT2D eigenvalue weighted by Gasteiger charge is 2.26. The first-order chi connectivity index (χ1) is 10.7. The van der Waals surface area contributed by atoms with E-state index in [1.54, 1.807) is 12.1 Å². The van der Waals surface area contributed by atoms with Crippen molar-refractivity contribution in [2.24, 2.45) is 0 Å². The minimum absolute atomic E-state index is 0.104. The van der Waals surface area contributed by atoms with Gasteiger partial charge in [0.05, 0.1) is 12.8 Å². The number of hydrogen-bond donors (Lipinski definition) is 1. The molecule has 22 heavy (non-hydrogen) atoms. The number of ether oxygens (including phenoxy) is 1. The molecule has 0 spiro atoms. The van der Waals surface area contributed by atoms with Crippen molar-refractivity contribution in [2.75, 3.05) is 12.4 Å². The minimum Gasteiger partial charge on any atom is -0.494 e. The predicted octanol–water partition coefficient (Wildman–Crippen LogP) is 3.74. The monoisotopic (exact) mass is 320 g/mol. The van der Waals surface area contributed by atoms with Gasteiger partial charge in [-0.25, -0.2) is 9.37 Å². The molecule has 0 saturated heterocycles. The van der Waals surface area contributed by atoms with Crippen molar-refractivity contribution in [1.29, 1.82) is 0 Å². The number of halogens is 1. The number of amides is 1. The molecule has 1 amide bonds. The Labute approximate surface area is 132 Å². The molecule has 0 aliphatic heterocycles. The Morgan fingerprint density at radius 3 is 3.00 bits per heavy atom. The number of nitrogens with one attached hydrogen (secondary N) is 1. The molecule has 1 N–H and O–H groups in total. The normalized spacial score (nSPS) is 13.9. The third-order valence-electron chi connectivity index (χ3n) is 3.62. The standard InChI is InChI=1S/C16H17FN2O2S/c1-21-14-6-2-10(8-12(14)17)3-7-15(20)19-16-18-13(9-22-16)11-4-5-11/h2,6,8-9,11H,3-5,7H2,1H3,(H,18,19,20). The summed E-state index contributed by atoms with van der Waals surface area (Å²) in [6.45, 7) is 0. The summed E-state index contributed by atoms with van der Waals surface area (Å²) in [7, 11) is 1.43. The summed E-state index contributed by atoms with van der Waals surface area (Å²) in [5.74, 6) is 0.287. The SMILES string of the molecule is COc1ccc(CCC(=O)Nc2nc(C3CC3)cs2)cc1F. The van der Waals surface area contributed by atoms with Gasteiger partial charge in [0.25, 0.3) is 0 Å². The third kappa shape index (κ3) is 3.62. The van der Waals surface area contributed by atoms with Gasteiger partial charge < -0.3 is 10.1 Å². The number of anilines is 1. The molecule has 1 saturated carbocycles. The Bertz CT molecular complexity index is 683. The van der Waals surface area contributed by atoms with Gasteiger partial charge in [-0.15, -0.1) is 11.3 Å². The summed E-state index contributed by atoms with van der Waals surface area (Å²) >= 11 is 1.46. The highest BCUT2D eigenvalue weighted by molar-refractivity contribution is 7.13. The molecule has 0 unspecified atom stereocenters. The molecule has 1 aromatic heterocycles. The quantitative estimate of drug-likeness (QED) is 0.882. The van der Waals surface area contributed by atoms with Crippen LogP contribution in [0.15, 0.2) is 23.6 Å². The molecule has 0 bridgehead atoms. The molecule has 1 aliphatic carbocycles. The van der Waals surface area contributed by atoms with Gasteiger partial charge in [-0.05, 0) is 37.0 Å². The average Bonchev–Trinajstić information content (AvgIpc) is 3.26. The van der Waals surface area contributed by atoms with Crippen LogP contribution in [0, 0.1) is 5.82 Å². The Morgan fingerprint density at radius 2 is 2.32 bits per heavy atom. The highest BCUT2D eigenvalue weighted by Crippen LogP contribution is 2.40. The van der Waals surface area contributed by atoms with Gasteiger partial charge in [0.15, 0.2) is 16.7 Å². The van der Waals surface area contributed by atoms with E-state index >= 15 is 0 Å². The molecule has 1 heterocycles. The molecular formula is C16H17FN2O2S. The number of nitrogens with zero attached hydrogens (tertiary/aromatic N) is 1. The largest absolute Gasteiger partial charge is 0.494 e. The summed E-state index contributed by atoms with van der Waals surface area (Å²) in [4.78, 5) is 16.3. The lowest BCUT2D eigenvalue weighted by Crippen LogP contribution is -2.12. The number of methoxy groups -OCH3 is 1. The molecule has 0 radical (unpaired) electrons. The Hall–Kier alpha value is -1.95. The number of benzene rings is 1. The lowest BCUT2D eigenvalue weighted by Gasteiger charge is -2.05. The topological polar surface area (TPSA) is 51.2 Å². The van der Waals surface area contributed by atoms with Gasteiger partial charge in [-0.1, -0.05) is 6.07 Å². The van der Waals surface area contributed by atoms with E-state index in [0.717, 1.165) is 11.3 Å². The fraction of sp³-hybridized carbons (Fsp3) is 0.375. The van der Waals surface area contributed by atoms with E-state index in [2.05, 4.69) is 10.3 Å². The first kappa shape index (κ1) is 15.0. The van der Waals surface area contributed by atoms with Gasteiger partial charge in [-0.3, -0.25) is 4.79 Å². The Balaban J connectivity index is 1.51. The Kier molecular flexibility index (Phi) is 4.38. The number of carbonyl (C=O) groups is 1. The summed E-state index contributed by atoms with van der Waals surface area (Å²) < 4.78 is 18.4. The third-order valence-corrected chi connectivity index (χ3v) is 4.40. The van der Waals surface area contributed by atoms with Crippen LogP contribution in [-0.4, -0.2) is 18.0 Å². The van der Waals surface area contributed by atoms with Crippen LogP contribution in [0.5, 0.6) is 5.75 Å². The molecule has 0 atom stereocenters. The van der Waals surface area contributed by atoms with Gasteiger partial charge in [0, 0.05) is 17.7 Å². The number of rotatable bonds is 6. The van der Waals surface area contributed by atoms with Gasteiger partial charge in [-0.2, -0.15) is 0 Å². The van der Waals surface area contributed by atoms with Gasteiger partial charge >= 0.3 is 0 Å². The first-order valence-electron chi connectivity index (χ1n) is 7.23. The van der Waals surface area contributed by atoms with Crippen LogP contribution in [0.2, 0.25) is 0 Å². The van der Waals surface area contributed by atoms with Crippen LogP contribution in [-0.2, 0) is 11.2 Å². The molecule has 116 valence electrons. The van der Waals surface area contributed by atoms with Crippen LogP contribution < -0.4 is 10.1 Å². The van der Waals surface area contributed by atoms with Crippen molar-refractivity contribution in [1.82, 2.24) is 4.98 Å². The second kappa shape index (κ2) is 6.44. The molecule has 1 aliphatic rings. The smallest absolute Gasteiger partial charge is 0.226 e. The van der Waals surface area contributed by atoms with E-state index in [9.17, 15) is 9.18 Å². The molecule has 1 aromatic carbocycles. The molecule has 2 aromatic rings. The van der Waals surface area contributed by atoms with Crippen molar-refractivity contribution in [2.45, 2.75) is 31.6 Å². The lowest BCUT2D eigenvalue weighted by atomic mass is 10.1. The van der Waals surface area contributed by atoms with Gasteiger partial charge in [0.2, 0.25) is 5.91 Å². The Morgan fingerprint density at radius 1 is 1.50 bits per heavy atom. The van der Waals surface area contributed by atoms with E-state index in [1.165, 1.54) is 37.4 Å². The lowest BCUT2D eigenvalue weighted by molar-refractivity contribution is -0.116. The summed E-state index contributed by atoms with van der Waals surface area (Å²) in [5.41, 5.74) is 1.85. The number of thiazole rings is 1. The fourth-order valence-electron chi connectivity index (χ4n) is 2.22. The van der Waals surface area contributed by atoms with E-state index < -0.39 is 5.82 Å². The fourth-order valence-corrected chi connectivity index (χ4v) is 3.02. The zero-order valence-corrected chi connectivity index (χ0v) is 13.1. The van der Waals surface area contributed by atoms with Crippen molar-refractivity contribution >= 4 is 22.4 Å². The van der Waals surface area contributed by atoms with Crippen LogP contribution >= 0.6 is 11.3 Å². The van der Waals surface area contributed by atoms with E-state index in [1.807, 2.05) is 5.38 Å². The van der Waals surface area contributed by atoms with E-state index in [0.29, 0.717) is 23.9 Å². The highest BCUT2D eigenvalue weighted by atomic mass is 32.1. The van der Waals surface area contributed by atoms with Crippen molar-refractivity contribution < 1.29 is 13.9 Å². The van der Waals surface area contributed by atoms with Crippen molar-refractivity contribution in [3.63, 3.8) is 0 Å². The van der Waals surface area contributed by atoms with Crippen LogP contribution in [0.3, 0.4) is 0 Å². The van der Waals surface area contributed by atoms with Crippen LogP contribution in [0.25, 0.3) is 0 Å². The maximum atomic E-state index is 13.6. The molecule has 6 heteroatoms. The summed E-state index contributed by atoms with van der Waals surface area (Å²) in [6.07, 6.45) is 3.16. The minimum atomic E-state index is -0.408. The number of carbonyl (C=O) groups excluding carboxylic acids is 1. The number of aryl methyl sites for hydroxylation is 1. The zero-order valence-electron chi connectivity index (χ0n) is 12.3. The van der Waals surface area contributed by atoms with Crippen molar-refractivity contribution in [3.05, 3.63) is 40.7 Å². The van der Waals surface area contributed by atoms with E-state index in [-0.39, 0.29) is 11.7 Å². The molecule has 1 fully saturated rings. The molecule has 4 nitrogen and oxygen atoms in total. The van der Waals surface area contributed by atoms with Crippen LogP contribution in [0.4, 0.5) is 9.52 Å². The second-order valence-electron chi connectivity index (χ2n) is 5.37. The maximum absolute atomic E-state index is 13.6. The second-order valence-corrected chi connectivity index (χ2v) is 6.23. The average molecular weight is 320 g/mol. The summed E-state index contributed by atoms with van der Waals surface area (Å²) in [6, 6.07) is 4.75. The zero-order chi connectivity index (χ0) is 15.5.